The summed E-state index contributed by atoms with van der Waals surface area (Å²) in [5.74, 6) is 1.03. The average molecular weight is 425 g/mol. The third-order valence-electron chi connectivity index (χ3n) is 6.14. The van der Waals surface area contributed by atoms with Crippen molar-refractivity contribution in [2.24, 2.45) is 0 Å². The Morgan fingerprint density at radius 2 is 1.94 bits per heavy atom. The third-order valence-corrected chi connectivity index (χ3v) is 6.14. The molecule has 2 N–H and O–H groups in total. The Balaban J connectivity index is 1.26. The lowest BCUT2D eigenvalue weighted by molar-refractivity contribution is -0.119. The zero-order valence-electron chi connectivity index (χ0n) is 17.4. The Hall–Kier alpha value is -3.43. The lowest BCUT2D eigenvalue weighted by Crippen LogP contribution is -2.58. The molecule has 1 saturated heterocycles. The predicted octanol–water partition coefficient (Wildman–Crippen LogP) is 2.06. The minimum Gasteiger partial charge on any atom is -0.348 e. The number of rotatable bonds is 3. The maximum Gasteiger partial charge on any atom is 0.321 e. The van der Waals surface area contributed by atoms with E-state index in [0.717, 1.165) is 30.0 Å². The largest absolute Gasteiger partial charge is 0.348 e. The molecule has 162 valence electrons. The van der Waals surface area contributed by atoms with E-state index in [9.17, 15) is 14.0 Å². The van der Waals surface area contributed by atoms with Crippen LogP contribution in [0.5, 0.6) is 0 Å². The molecule has 0 saturated carbocycles. The molecule has 0 bridgehead atoms. The number of aromatic nitrogens is 2. The molecule has 3 aliphatic heterocycles. The summed E-state index contributed by atoms with van der Waals surface area (Å²) in [6, 6.07) is 5.22. The summed E-state index contributed by atoms with van der Waals surface area (Å²) in [6.45, 7) is 3.62. The molecule has 31 heavy (non-hydrogen) atoms. The minimum atomic E-state index is -0.345. The van der Waals surface area contributed by atoms with Crippen LogP contribution >= 0.6 is 0 Å². The lowest BCUT2D eigenvalue weighted by Gasteiger charge is -2.42. The van der Waals surface area contributed by atoms with Crippen LogP contribution in [0.4, 0.5) is 32.3 Å². The summed E-state index contributed by atoms with van der Waals surface area (Å²) in [5, 5.41) is 6.08. The number of carbonyl (C=O) groups is 2. The van der Waals surface area contributed by atoms with E-state index < -0.39 is 0 Å². The van der Waals surface area contributed by atoms with Gasteiger partial charge in [-0.2, -0.15) is 4.98 Å². The maximum atomic E-state index is 13.0. The molecule has 10 heteroatoms. The second kappa shape index (κ2) is 7.36. The van der Waals surface area contributed by atoms with E-state index in [1.807, 2.05) is 23.8 Å². The van der Waals surface area contributed by atoms with E-state index >= 15 is 0 Å². The second-order valence-electron chi connectivity index (χ2n) is 8.23. The van der Waals surface area contributed by atoms with Gasteiger partial charge >= 0.3 is 6.03 Å². The van der Waals surface area contributed by atoms with Crippen molar-refractivity contribution in [2.45, 2.75) is 31.8 Å². The Bertz CT molecular complexity index is 1040. The van der Waals surface area contributed by atoms with Crippen LogP contribution in [0, 0.1) is 5.82 Å². The highest BCUT2D eigenvalue weighted by atomic mass is 19.1. The molecule has 1 atom stereocenters. The highest BCUT2D eigenvalue weighted by Crippen LogP contribution is 2.39. The average Bonchev–Trinajstić information content (AvgIpc) is 2.74. The molecule has 0 spiro atoms. The molecule has 0 radical (unpaired) electrons. The van der Waals surface area contributed by atoms with Crippen LogP contribution in [0.3, 0.4) is 0 Å². The summed E-state index contributed by atoms with van der Waals surface area (Å²) in [5.41, 5.74) is 2.27. The van der Waals surface area contributed by atoms with Gasteiger partial charge in [0.1, 0.15) is 17.5 Å². The first-order valence-electron chi connectivity index (χ1n) is 10.4. The molecule has 5 rings (SSSR count). The number of hydrogen-bond acceptors (Lipinski definition) is 6. The molecule has 3 amide bonds. The lowest BCUT2D eigenvalue weighted by atomic mass is 10.0. The number of benzene rings is 1. The first-order chi connectivity index (χ1) is 14.9. The van der Waals surface area contributed by atoms with Crippen molar-refractivity contribution in [1.29, 1.82) is 0 Å². The van der Waals surface area contributed by atoms with Gasteiger partial charge in [0.2, 0.25) is 11.9 Å². The smallest absolute Gasteiger partial charge is 0.321 e. The van der Waals surface area contributed by atoms with Gasteiger partial charge in [-0.05, 0) is 44.0 Å². The fourth-order valence-electron chi connectivity index (χ4n) is 4.21. The molecule has 1 fully saturated rings. The monoisotopic (exact) mass is 425 g/mol. The number of halogens is 1. The number of likely N-dealkylation sites (tertiary alicyclic amines) is 1. The third kappa shape index (κ3) is 3.41. The number of nitrogens with one attached hydrogen (secondary N) is 2. The van der Waals surface area contributed by atoms with E-state index in [1.165, 1.54) is 24.3 Å². The molecule has 2 aromatic rings. The molecule has 1 aromatic carbocycles. The van der Waals surface area contributed by atoms with Crippen LogP contribution in [-0.4, -0.2) is 65.6 Å². The zero-order valence-corrected chi connectivity index (χ0v) is 17.4. The van der Waals surface area contributed by atoms with Crippen LogP contribution in [0.15, 0.2) is 24.3 Å². The SMILES string of the molecule is C[C@H]1C(=O)N2CCCc3nc(NC4CN(C(=O)Nc5ccc(F)cc5)C4)nc(c32)N1C. The van der Waals surface area contributed by atoms with Crippen LogP contribution < -0.4 is 20.4 Å². The van der Waals surface area contributed by atoms with Crippen molar-refractivity contribution in [3.8, 4) is 0 Å². The quantitative estimate of drug-likeness (QED) is 0.782. The highest BCUT2D eigenvalue weighted by Gasteiger charge is 2.39. The van der Waals surface area contributed by atoms with E-state index in [4.69, 9.17) is 4.98 Å². The number of aryl methyl sites for hydroxylation is 1. The summed E-state index contributed by atoms with van der Waals surface area (Å²) in [6.07, 6.45) is 1.69. The second-order valence-corrected chi connectivity index (χ2v) is 8.23. The zero-order chi connectivity index (χ0) is 21.7. The number of anilines is 4. The maximum absolute atomic E-state index is 13.0. The van der Waals surface area contributed by atoms with Crippen LogP contribution in [0.25, 0.3) is 0 Å². The van der Waals surface area contributed by atoms with Gasteiger partial charge in [-0.1, -0.05) is 0 Å². The molecular formula is C21H24FN7O2. The summed E-state index contributed by atoms with van der Waals surface area (Å²) in [4.78, 5) is 39.7. The van der Waals surface area contributed by atoms with Crippen molar-refractivity contribution < 1.29 is 14.0 Å². The van der Waals surface area contributed by atoms with Crippen molar-refractivity contribution in [2.75, 3.05) is 47.1 Å². The molecule has 1 aromatic heterocycles. The number of urea groups is 1. The normalized spacial score (nSPS) is 20.3. The minimum absolute atomic E-state index is 0.0388. The molecule has 4 heterocycles. The topological polar surface area (TPSA) is 93.7 Å². The molecule has 9 nitrogen and oxygen atoms in total. The highest BCUT2D eigenvalue weighted by molar-refractivity contribution is 6.05. The van der Waals surface area contributed by atoms with Crippen molar-refractivity contribution >= 4 is 35.1 Å². The number of carbonyl (C=O) groups excluding carboxylic acids is 2. The fraction of sp³-hybridized carbons (Fsp3) is 0.429. The van der Waals surface area contributed by atoms with Crippen molar-refractivity contribution in [3.63, 3.8) is 0 Å². The van der Waals surface area contributed by atoms with Gasteiger partial charge in [-0.3, -0.25) is 4.79 Å². The Labute approximate surface area is 179 Å². The van der Waals surface area contributed by atoms with Gasteiger partial charge in [-0.15, -0.1) is 0 Å². The summed E-state index contributed by atoms with van der Waals surface area (Å²) in [7, 11) is 1.88. The van der Waals surface area contributed by atoms with Gasteiger partial charge in [0.05, 0.1) is 11.7 Å². The van der Waals surface area contributed by atoms with Gasteiger partial charge in [0.25, 0.3) is 0 Å². The molecule has 0 unspecified atom stereocenters. The molecular weight excluding hydrogens is 401 g/mol. The van der Waals surface area contributed by atoms with E-state index in [-0.39, 0.29) is 29.8 Å². The van der Waals surface area contributed by atoms with Gasteiger partial charge < -0.3 is 25.3 Å². The van der Waals surface area contributed by atoms with Crippen molar-refractivity contribution in [3.05, 3.63) is 35.8 Å². The first kappa shape index (κ1) is 19.5. The van der Waals surface area contributed by atoms with Gasteiger partial charge in [0.15, 0.2) is 5.82 Å². The van der Waals surface area contributed by atoms with E-state index in [2.05, 4.69) is 15.6 Å². The number of likely N-dealkylation sites (N-methyl/N-ethyl adjacent to an activating group) is 1. The number of nitrogens with zero attached hydrogens (tertiary/aromatic N) is 5. The Morgan fingerprint density at radius 1 is 1.19 bits per heavy atom. The van der Waals surface area contributed by atoms with Crippen LogP contribution in [0.1, 0.15) is 19.0 Å². The number of amides is 3. The summed E-state index contributed by atoms with van der Waals surface area (Å²) < 4.78 is 13.0. The standard InChI is InChI=1S/C21H24FN7O2/c1-12-19(30)29-9-3-4-16-17(29)18(27(12)2)26-20(25-16)23-15-10-28(11-15)21(31)24-14-7-5-13(22)6-8-14/h5-8,12,15H,3-4,9-11H2,1-2H3,(H,24,31)(H,23,25,26)/t12-/m0/s1. The van der Waals surface area contributed by atoms with E-state index in [1.54, 1.807) is 4.90 Å². The first-order valence-corrected chi connectivity index (χ1v) is 10.4. The van der Waals surface area contributed by atoms with E-state index in [0.29, 0.717) is 31.3 Å². The predicted molar refractivity (Wildman–Crippen MR) is 115 cm³/mol. The Morgan fingerprint density at radius 3 is 2.68 bits per heavy atom. The number of hydrogen-bond donors (Lipinski definition) is 2. The van der Waals surface area contributed by atoms with Crippen LogP contribution in [0.2, 0.25) is 0 Å². The van der Waals surface area contributed by atoms with Gasteiger partial charge in [0, 0.05) is 32.4 Å². The van der Waals surface area contributed by atoms with Gasteiger partial charge in [-0.25, -0.2) is 14.2 Å². The Kier molecular flexibility index (Phi) is 4.64. The fourth-order valence-corrected chi connectivity index (χ4v) is 4.21. The molecule has 3 aliphatic rings. The van der Waals surface area contributed by atoms with Crippen LogP contribution in [-0.2, 0) is 11.2 Å². The summed E-state index contributed by atoms with van der Waals surface area (Å²) >= 11 is 0. The van der Waals surface area contributed by atoms with Crippen molar-refractivity contribution in [1.82, 2.24) is 14.9 Å². The molecule has 0 aliphatic carbocycles.